The number of methoxy groups -OCH3 is 2. The first-order chi connectivity index (χ1) is 11.3. The number of rotatable bonds is 4. The van der Waals surface area contributed by atoms with Gasteiger partial charge in [-0.15, -0.1) is 0 Å². The summed E-state index contributed by atoms with van der Waals surface area (Å²) < 4.78 is 9.56. The second-order valence-corrected chi connectivity index (χ2v) is 5.93. The number of carbonyl (C=O) groups excluding carboxylic acids is 2. The molecule has 0 aliphatic carbocycles. The standard InChI is InChI=1S/C15H16N2O6S/c1-7-10(14(18)22-3)8(2)16-12(11(7)15(19)23-4)9-5-6-24-13(9)17(20)21/h5-6,12,16H,1-4H3/t12-/m1/s1. The van der Waals surface area contributed by atoms with Crippen LogP contribution in [0.2, 0.25) is 0 Å². The maximum Gasteiger partial charge on any atom is 0.339 e. The molecule has 1 aromatic heterocycles. The molecule has 0 fully saturated rings. The minimum Gasteiger partial charge on any atom is -0.466 e. The summed E-state index contributed by atoms with van der Waals surface area (Å²) >= 11 is 0.965. The Balaban J connectivity index is 2.65. The van der Waals surface area contributed by atoms with Crippen molar-refractivity contribution in [2.24, 2.45) is 0 Å². The monoisotopic (exact) mass is 352 g/mol. The molecule has 0 bridgehead atoms. The summed E-state index contributed by atoms with van der Waals surface area (Å²) in [6.07, 6.45) is 0. The van der Waals surface area contributed by atoms with Gasteiger partial charge in [-0.3, -0.25) is 10.1 Å². The van der Waals surface area contributed by atoms with Gasteiger partial charge in [-0.05, 0) is 30.9 Å². The van der Waals surface area contributed by atoms with Crippen molar-refractivity contribution in [1.82, 2.24) is 5.32 Å². The van der Waals surface area contributed by atoms with Gasteiger partial charge in [0.25, 0.3) is 0 Å². The molecule has 0 saturated carbocycles. The van der Waals surface area contributed by atoms with Crippen molar-refractivity contribution in [2.45, 2.75) is 19.9 Å². The second kappa shape index (κ2) is 6.83. The minimum absolute atomic E-state index is 0.0731. The fourth-order valence-corrected chi connectivity index (χ4v) is 3.45. The maximum absolute atomic E-state index is 12.3. The van der Waals surface area contributed by atoms with Crippen molar-refractivity contribution in [3.8, 4) is 0 Å². The van der Waals surface area contributed by atoms with E-state index >= 15 is 0 Å². The van der Waals surface area contributed by atoms with Crippen LogP contribution in [-0.4, -0.2) is 31.1 Å². The van der Waals surface area contributed by atoms with Crippen molar-refractivity contribution in [3.63, 3.8) is 0 Å². The lowest BCUT2D eigenvalue weighted by molar-refractivity contribution is -0.381. The van der Waals surface area contributed by atoms with Gasteiger partial charge < -0.3 is 14.8 Å². The number of dihydropyridines is 1. The van der Waals surface area contributed by atoms with Gasteiger partial charge in [-0.2, -0.15) is 0 Å². The van der Waals surface area contributed by atoms with Crippen molar-refractivity contribution in [1.29, 1.82) is 0 Å². The van der Waals surface area contributed by atoms with E-state index in [9.17, 15) is 19.7 Å². The largest absolute Gasteiger partial charge is 0.466 e. The molecule has 2 rings (SSSR count). The highest BCUT2D eigenvalue weighted by molar-refractivity contribution is 7.13. The number of nitro groups is 1. The minimum atomic E-state index is -0.780. The topological polar surface area (TPSA) is 108 Å². The Morgan fingerprint density at radius 3 is 2.42 bits per heavy atom. The first-order valence-electron chi connectivity index (χ1n) is 6.90. The van der Waals surface area contributed by atoms with Crippen LogP contribution in [0.5, 0.6) is 0 Å². The lowest BCUT2D eigenvalue weighted by atomic mass is 9.88. The third-order valence-corrected chi connectivity index (χ3v) is 4.63. The molecule has 8 nitrogen and oxygen atoms in total. The van der Waals surface area contributed by atoms with E-state index in [4.69, 9.17) is 9.47 Å². The van der Waals surface area contributed by atoms with Crippen LogP contribution >= 0.6 is 11.3 Å². The smallest absolute Gasteiger partial charge is 0.339 e. The molecule has 1 N–H and O–H groups in total. The third-order valence-electron chi connectivity index (χ3n) is 3.75. The van der Waals surface area contributed by atoms with Crippen molar-refractivity contribution in [2.75, 3.05) is 14.2 Å². The molecule has 9 heteroatoms. The molecular weight excluding hydrogens is 336 g/mol. The van der Waals surface area contributed by atoms with E-state index in [1.165, 1.54) is 14.2 Å². The predicted molar refractivity (Wildman–Crippen MR) is 86.3 cm³/mol. The summed E-state index contributed by atoms with van der Waals surface area (Å²) in [7, 11) is 2.45. The highest BCUT2D eigenvalue weighted by atomic mass is 32.1. The number of nitrogens with zero attached hydrogens (tertiary/aromatic N) is 1. The van der Waals surface area contributed by atoms with Gasteiger partial charge in [0.05, 0.1) is 41.9 Å². The number of ether oxygens (including phenoxy) is 2. The van der Waals surface area contributed by atoms with E-state index in [0.717, 1.165) is 11.3 Å². The first-order valence-corrected chi connectivity index (χ1v) is 7.78. The molecule has 0 radical (unpaired) electrons. The molecule has 0 saturated heterocycles. The Morgan fingerprint density at radius 2 is 1.88 bits per heavy atom. The lowest BCUT2D eigenvalue weighted by Crippen LogP contribution is -2.33. The van der Waals surface area contributed by atoms with Gasteiger partial charge in [0.15, 0.2) is 0 Å². The summed E-state index contributed by atoms with van der Waals surface area (Å²) in [6, 6.07) is 0.796. The summed E-state index contributed by atoms with van der Waals surface area (Å²) in [5.74, 6) is -1.27. The van der Waals surface area contributed by atoms with Gasteiger partial charge >= 0.3 is 16.9 Å². The molecular formula is C15H16N2O6S. The number of nitrogens with one attached hydrogen (secondary N) is 1. The molecule has 0 spiro atoms. The third kappa shape index (κ3) is 2.90. The number of carbonyl (C=O) groups is 2. The van der Waals surface area contributed by atoms with E-state index < -0.39 is 22.9 Å². The Bertz CT molecular complexity index is 777. The number of esters is 2. The molecule has 1 aliphatic heterocycles. The summed E-state index contributed by atoms with van der Waals surface area (Å²) in [6.45, 7) is 3.24. The zero-order chi connectivity index (χ0) is 18.0. The molecule has 1 aliphatic rings. The van der Waals surface area contributed by atoms with E-state index in [-0.39, 0.29) is 16.1 Å². The molecule has 0 amide bonds. The average molecular weight is 352 g/mol. The van der Waals surface area contributed by atoms with Crippen molar-refractivity contribution in [3.05, 3.63) is 49.5 Å². The zero-order valence-corrected chi connectivity index (χ0v) is 14.4. The van der Waals surface area contributed by atoms with Gasteiger partial charge in [0.1, 0.15) is 0 Å². The average Bonchev–Trinajstić information content (AvgIpc) is 3.03. The van der Waals surface area contributed by atoms with Crippen LogP contribution in [0.3, 0.4) is 0 Å². The van der Waals surface area contributed by atoms with Crippen LogP contribution in [0.25, 0.3) is 0 Å². The van der Waals surface area contributed by atoms with E-state index in [1.54, 1.807) is 25.3 Å². The van der Waals surface area contributed by atoms with Crippen LogP contribution < -0.4 is 5.32 Å². The van der Waals surface area contributed by atoms with Gasteiger partial charge in [0, 0.05) is 5.70 Å². The van der Waals surface area contributed by atoms with Crippen LogP contribution in [0.15, 0.2) is 33.9 Å². The highest BCUT2D eigenvalue weighted by Gasteiger charge is 2.37. The normalized spacial score (nSPS) is 17.4. The van der Waals surface area contributed by atoms with E-state index in [0.29, 0.717) is 16.8 Å². The summed E-state index contributed by atoms with van der Waals surface area (Å²) in [5.41, 5.74) is 1.54. The lowest BCUT2D eigenvalue weighted by Gasteiger charge is -2.29. The predicted octanol–water partition coefficient (Wildman–Crippen LogP) is 2.24. The molecule has 0 unspecified atom stereocenters. The van der Waals surface area contributed by atoms with Crippen molar-refractivity contribution < 1.29 is 24.0 Å². The Hall–Kier alpha value is -2.68. The van der Waals surface area contributed by atoms with Crippen LogP contribution in [0, 0.1) is 10.1 Å². The van der Waals surface area contributed by atoms with Gasteiger partial charge in [0.2, 0.25) is 0 Å². The zero-order valence-electron chi connectivity index (χ0n) is 13.5. The van der Waals surface area contributed by atoms with Crippen LogP contribution in [0.1, 0.15) is 25.5 Å². The Kier molecular flexibility index (Phi) is 5.03. The SMILES string of the molecule is COC(=O)C1=C(C)N[C@H](c2ccsc2[N+](=O)[O-])C(C(=O)OC)=C1C. The second-order valence-electron chi connectivity index (χ2n) is 5.04. The molecule has 1 atom stereocenters. The quantitative estimate of drug-likeness (QED) is 0.503. The molecule has 0 aromatic carbocycles. The van der Waals surface area contributed by atoms with Crippen LogP contribution in [-0.2, 0) is 19.1 Å². The molecule has 1 aromatic rings. The van der Waals surface area contributed by atoms with E-state index in [2.05, 4.69) is 5.32 Å². The number of hydrogen-bond acceptors (Lipinski definition) is 8. The van der Waals surface area contributed by atoms with E-state index in [1.807, 2.05) is 0 Å². The van der Waals surface area contributed by atoms with Crippen LogP contribution in [0.4, 0.5) is 5.00 Å². The Labute approximate surface area is 141 Å². The molecule has 128 valence electrons. The summed E-state index contributed by atoms with van der Waals surface area (Å²) in [5, 5.41) is 15.7. The number of allylic oxidation sites excluding steroid dienone is 1. The molecule has 2 heterocycles. The first kappa shape index (κ1) is 17.7. The van der Waals surface area contributed by atoms with Gasteiger partial charge in [-0.25, -0.2) is 9.59 Å². The van der Waals surface area contributed by atoms with Crippen molar-refractivity contribution >= 4 is 28.3 Å². The number of thiophene rings is 1. The highest BCUT2D eigenvalue weighted by Crippen LogP contribution is 2.40. The fraction of sp³-hybridized carbons (Fsp3) is 0.333. The fourth-order valence-electron chi connectivity index (χ4n) is 2.69. The number of hydrogen-bond donors (Lipinski definition) is 1. The Morgan fingerprint density at radius 1 is 1.25 bits per heavy atom. The maximum atomic E-state index is 12.3. The summed E-state index contributed by atoms with van der Waals surface area (Å²) in [4.78, 5) is 35.0. The van der Waals surface area contributed by atoms with Gasteiger partial charge in [-0.1, -0.05) is 11.3 Å². The molecule has 24 heavy (non-hydrogen) atoms.